The van der Waals surface area contributed by atoms with Gasteiger partial charge in [-0.2, -0.15) is 4.31 Å². The molecule has 2 rings (SSSR count). The number of benzene rings is 2. The van der Waals surface area contributed by atoms with Crippen LogP contribution in [0.5, 0.6) is 11.5 Å². The molecule has 0 atom stereocenters. The Kier molecular flexibility index (Phi) is 5.99. The fourth-order valence-electron chi connectivity index (χ4n) is 2.25. The number of sulfonamides is 1. The molecule has 0 unspecified atom stereocenters. The van der Waals surface area contributed by atoms with Gasteiger partial charge in [-0.15, -0.1) is 0 Å². The Balaban J connectivity index is 2.49. The number of ether oxygens (including phenoxy) is 1. The predicted molar refractivity (Wildman–Crippen MR) is 94.7 cm³/mol. The van der Waals surface area contributed by atoms with Gasteiger partial charge < -0.3 is 4.74 Å². The van der Waals surface area contributed by atoms with Crippen molar-refractivity contribution >= 4 is 27.3 Å². The van der Waals surface area contributed by atoms with Crippen LogP contribution in [0.1, 0.15) is 13.8 Å². The van der Waals surface area contributed by atoms with Crippen molar-refractivity contribution in [1.29, 1.82) is 0 Å². The molecule has 0 aliphatic carbocycles. The molecular formula is C16H17ClN2O5S. The second-order valence-electron chi connectivity index (χ2n) is 5.01. The summed E-state index contributed by atoms with van der Waals surface area (Å²) in [6.45, 7) is 3.93. The van der Waals surface area contributed by atoms with Crippen molar-refractivity contribution in [3.8, 4) is 11.5 Å². The summed E-state index contributed by atoms with van der Waals surface area (Å²) in [6.07, 6.45) is 0. The third kappa shape index (κ3) is 4.09. The summed E-state index contributed by atoms with van der Waals surface area (Å²) < 4.78 is 31.8. The second kappa shape index (κ2) is 7.81. The van der Waals surface area contributed by atoms with Gasteiger partial charge in [-0.25, -0.2) is 8.42 Å². The Hall–Kier alpha value is -2.16. The molecule has 7 nitrogen and oxygen atoms in total. The normalized spacial score (nSPS) is 11.5. The Bertz CT molecular complexity index is 882. The Morgan fingerprint density at radius 3 is 2.32 bits per heavy atom. The molecule has 0 amide bonds. The maximum absolute atomic E-state index is 12.5. The van der Waals surface area contributed by atoms with Crippen molar-refractivity contribution in [2.24, 2.45) is 0 Å². The quantitative estimate of drug-likeness (QED) is 0.530. The van der Waals surface area contributed by atoms with Crippen molar-refractivity contribution in [3.05, 3.63) is 57.6 Å². The summed E-state index contributed by atoms with van der Waals surface area (Å²) in [4.78, 5) is 10.5. The molecule has 9 heteroatoms. The van der Waals surface area contributed by atoms with Crippen molar-refractivity contribution in [3.63, 3.8) is 0 Å². The van der Waals surface area contributed by atoms with Gasteiger partial charge in [0.05, 0.1) is 14.8 Å². The number of halogens is 1. The minimum Gasteiger partial charge on any atom is -0.449 e. The first-order valence-corrected chi connectivity index (χ1v) is 9.34. The van der Waals surface area contributed by atoms with E-state index in [0.29, 0.717) is 0 Å². The summed E-state index contributed by atoms with van der Waals surface area (Å²) in [5.41, 5.74) is -0.451. The third-order valence-corrected chi connectivity index (χ3v) is 5.88. The lowest BCUT2D eigenvalue weighted by molar-refractivity contribution is -0.385. The maximum atomic E-state index is 12.5. The number of para-hydroxylation sites is 1. The second-order valence-corrected chi connectivity index (χ2v) is 7.35. The molecule has 0 spiro atoms. The number of hydrogen-bond donors (Lipinski definition) is 0. The molecule has 0 saturated heterocycles. The number of nitro benzene ring substituents is 1. The van der Waals surface area contributed by atoms with Crippen LogP contribution in [-0.2, 0) is 10.0 Å². The van der Waals surface area contributed by atoms with Crippen LogP contribution in [0.4, 0.5) is 5.69 Å². The molecule has 2 aromatic rings. The molecule has 134 valence electrons. The topological polar surface area (TPSA) is 89.8 Å². The van der Waals surface area contributed by atoms with Gasteiger partial charge in [0, 0.05) is 19.2 Å². The van der Waals surface area contributed by atoms with Crippen molar-refractivity contribution in [2.75, 3.05) is 13.1 Å². The molecule has 0 bridgehead atoms. The van der Waals surface area contributed by atoms with E-state index >= 15 is 0 Å². The average Bonchev–Trinajstić information content (AvgIpc) is 2.57. The SMILES string of the molecule is CCN(CC)S(=O)(=O)c1ccc(Oc2ccccc2Cl)c([N+](=O)[O-])c1. The van der Waals surface area contributed by atoms with E-state index in [0.717, 1.165) is 6.07 Å². The zero-order valence-electron chi connectivity index (χ0n) is 13.7. The first-order chi connectivity index (χ1) is 11.8. The van der Waals surface area contributed by atoms with Crippen LogP contribution in [0.2, 0.25) is 5.02 Å². The summed E-state index contributed by atoms with van der Waals surface area (Å²) in [5, 5.41) is 11.7. The lowest BCUT2D eigenvalue weighted by Crippen LogP contribution is -2.30. The van der Waals surface area contributed by atoms with E-state index in [2.05, 4.69) is 0 Å². The number of hydrogen-bond acceptors (Lipinski definition) is 5. The number of rotatable bonds is 7. The number of nitro groups is 1. The largest absolute Gasteiger partial charge is 0.449 e. The predicted octanol–water partition coefficient (Wildman–Crippen LogP) is 4.07. The highest BCUT2D eigenvalue weighted by atomic mass is 35.5. The van der Waals surface area contributed by atoms with Gasteiger partial charge in [0.25, 0.3) is 0 Å². The maximum Gasteiger partial charge on any atom is 0.312 e. The van der Waals surface area contributed by atoms with Gasteiger partial charge in [-0.1, -0.05) is 37.6 Å². The molecule has 0 saturated carbocycles. The highest BCUT2D eigenvalue weighted by Crippen LogP contribution is 2.36. The van der Waals surface area contributed by atoms with E-state index in [1.165, 1.54) is 16.4 Å². The molecule has 2 aromatic carbocycles. The van der Waals surface area contributed by atoms with Crippen molar-refractivity contribution in [1.82, 2.24) is 4.31 Å². The Labute approximate surface area is 151 Å². The van der Waals surface area contributed by atoms with E-state index < -0.39 is 20.6 Å². The highest BCUT2D eigenvalue weighted by Gasteiger charge is 2.26. The summed E-state index contributed by atoms with van der Waals surface area (Å²) in [6, 6.07) is 10.1. The smallest absolute Gasteiger partial charge is 0.312 e. The van der Waals surface area contributed by atoms with E-state index in [9.17, 15) is 18.5 Å². The first kappa shape index (κ1) is 19.2. The molecule has 0 N–H and O–H groups in total. The molecule has 0 aromatic heterocycles. The van der Waals surface area contributed by atoms with Crippen LogP contribution in [0.15, 0.2) is 47.4 Å². The van der Waals surface area contributed by atoms with Crippen LogP contribution in [-0.4, -0.2) is 30.7 Å². The van der Waals surface area contributed by atoms with E-state index in [1.807, 2.05) is 0 Å². The van der Waals surface area contributed by atoms with Crippen LogP contribution >= 0.6 is 11.6 Å². The average molecular weight is 385 g/mol. The van der Waals surface area contributed by atoms with Gasteiger partial charge in [0.2, 0.25) is 15.8 Å². The molecule has 0 heterocycles. The Morgan fingerprint density at radius 2 is 1.76 bits per heavy atom. The first-order valence-electron chi connectivity index (χ1n) is 7.52. The lowest BCUT2D eigenvalue weighted by atomic mass is 10.3. The zero-order chi connectivity index (χ0) is 18.6. The fraction of sp³-hybridized carbons (Fsp3) is 0.250. The van der Waals surface area contributed by atoms with Crippen molar-refractivity contribution in [2.45, 2.75) is 18.7 Å². The van der Waals surface area contributed by atoms with Gasteiger partial charge in [-0.3, -0.25) is 10.1 Å². The van der Waals surface area contributed by atoms with Crippen LogP contribution < -0.4 is 4.74 Å². The summed E-state index contributed by atoms with van der Waals surface area (Å²) in [5.74, 6) is 0.156. The monoisotopic (exact) mass is 384 g/mol. The van der Waals surface area contributed by atoms with Gasteiger partial charge in [0.15, 0.2) is 0 Å². The summed E-state index contributed by atoms with van der Waals surface area (Å²) >= 11 is 5.99. The van der Waals surface area contributed by atoms with Gasteiger partial charge in [-0.05, 0) is 24.3 Å². The Morgan fingerprint density at radius 1 is 1.12 bits per heavy atom. The highest BCUT2D eigenvalue weighted by molar-refractivity contribution is 7.89. The summed E-state index contributed by atoms with van der Waals surface area (Å²) in [7, 11) is -3.81. The standard InChI is InChI=1S/C16H17ClN2O5S/c1-3-18(4-2)25(22,23)12-9-10-16(14(11-12)19(20)21)24-15-8-6-5-7-13(15)17/h5-11H,3-4H2,1-2H3. The third-order valence-electron chi connectivity index (χ3n) is 3.53. The molecule has 0 fully saturated rings. The molecular weight excluding hydrogens is 368 g/mol. The fourth-order valence-corrected chi connectivity index (χ4v) is 3.90. The van der Waals surface area contributed by atoms with Gasteiger partial charge in [0.1, 0.15) is 5.75 Å². The zero-order valence-corrected chi connectivity index (χ0v) is 15.2. The lowest BCUT2D eigenvalue weighted by Gasteiger charge is -2.18. The minimum atomic E-state index is -3.81. The van der Waals surface area contributed by atoms with E-state index in [4.69, 9.17) is 16.3 Å². The molecule has 0 radical (unpaired) electrons. The minimum absolute atomic E-state index is 0.0865. The van der Waals surface area contributed by atoms with E-state index in [1.54, 1.807) is 38.1 Å². The number of nitrogens with zero attached hydrogens (tertiary/aromatic N) is 2. The van der Waals surface area contributed by atoms with Crippen LogP contribution in [0.3, 0.4) is 0 Å². The molecule has 0 aliphatic heterocycles. The van der Waals surface area contributed by atoms with Crippen LogP contribution in [0, 0.1) is 10.1 Å². The van der Waals surface area contributed by atoms with Crippen LogP contribution in [0.25, 0.3) is 0 Å². The molecule has 0 aliphatic rings. The van der Waals surface area contributed by atoms with Crippen molar-refractivity contribution < 1.29 is 18.1 Å². The van der Waals surface area contributed by atoms with E-state index in [-0.39, 0.29) is 34.5 Å². The molecule has 25 heavy (non-hydrogen) atoms. The van der Waals surface area contributed by atoms with Gasteiger partial charge >= 0.3 is 5.69 Å².